The van der Waals surface area contributed by atoms with Gasteiger partial charge in [-0.1, -0.05) is 11.8 Å². The van der Waals surface area contributed by atoms with Crippen molar-refractivity contribution in [2.24, 2.45) is 5.92 Å². The minimum Gasteiger partial charge on any atom is -0.356 e. The van der Waals surface area contributed by atoms with Gasteiger partial charge in [-0.05, 0) is 38.9 Å². The van der Waals surface area contributed by atoms with Gasteiger partial charge < -0.3 is 10.2 Å². The van der Waals surface area contributed by atoms with Crippen LogP contribution in [0.5, 0.6) is 0 Å². The fourth-order valence-corrected chi connectivity index (χ4v) is 3.12. The molecule has 0 unspecified atom stereocenters. The molecule has 2 aliphatic rings. The molecule has 21 heavy (non-hydrogen) atoms. The van der Waals surface area contributed by atoms with E-state index in [4.69, 9.17) is 0 Å². The standard InChI is InChI=1S/C15H22N4OS/c1-10-9-13(18-15(16-10)21-2)19-7-5-11(6-8-19)14(20)17-12-3-4-12/h9,11-12H,3-8H2,1-2H3,(H,17,20). The largest absolute Gasteiger partial charge is 0.356 e. The van der Waals surface area contributed by atoms with Crippen LogP contribution < -0.4 is 10.2 Å². The first-order valence-electron chi connectivity index (χ1n) is 7.60. The minimum atomic E-state index is 0.171. The van der Waals surface area contributed by atoms with Crippen molar-refractivity contribution < 1.29 is 4.79 Å². The zero-order valence-electron chi connectivity index (χ0n) is 12.6. The van der Waals surface area contributed by atoms with Crippen molar-refractivity contribution in [2.45, 2.75) is 43.8 Å². The van der Waals surface area contributed by atoms with Gasteiger partial charge in [0.25, 0.3) is 0 Å². The Bertz CT molecular complexity index is 524. The summed E-state index contributed by atoms with van der Waals surface area (Å²) in [7, 11) is 0. The molecule has 1 saturated heterocycles. The molecule has 0 bridgehead atoms. The smallest absolute Gasteiger partial charge is 0.223 e. The number of amides is 1. The Morgan fingerprint density at radius 1 is 1.29 bits per heavy atom. The zero-order chi connectivity index (χ0) is 14.8. The van der Waals surface area contributed by atoms with E-state index in [1.54, 1.807) is 11.8 Å². The van der Waals surface area contributed by atoms with Crippen molar-refractivity contribution in [3.05, 3.63) is 11.8 Å². The minimum absolute atomic E-state index is 0.171. The Kier molecular flexibility index (Phi) is 4.33. The summed E-state index contributed by atoms with van der Waals surface area (Å²) >= 11 is 1.57. The first kappa shape index (κ1) is 14.6. The Balaban J connectivity index is 1.59. The van der Waals surface area contributed by atoms with Crippen molar-refractivity contribution >= 4 is 23.5 Å². The van der Waals surface area contributed by atoms with Crippen LogP contribution in [0.2, 0.25) is 0 Å². The molecule has 2 heterocycles. The molecular weight excluding hydrogens is 284 g/mol. The van der Waals surface area contributed by atoms with Gasteiger partial charge in [0.05, 0.1) is 0 Å². The molecule has 1 saturated carbocycles. The first-order chi connectivity index (χ1) is 10.2. The van der Waals surface area contributed by atoms with E-state index >= 15 is 0 Å². The van der Waals surface area contributed by atoms with Crippen LogP contribution >= 0.6 is 11.8 Å². The number of thioether (sulfide) groups is 1. The third-order valence-corrected chi connectivity index (χ3v) is 4.66. The monoisotopic (exact) mass is 306 g/mol. The highest BCUT2D eigenvalue weighted by Crippen LogP contribution is 2.25. The Morgan fingerprint density at radius 2 is 2.00 bits per heavy atom. The molecule has 0 spiro atoms. The maximum atomic E-state index is 12.1. The topological polar surface area (TPSA) is 58.1 Å². The number of nitrogens with zero attached hydrogens (tertiary/aromatic N) is 3. The van der Waals surface area contributed by atoms with E-state index in [2.05, 4.69) is 20.2 Å². The predicted molar refractivity (Wildman–Crippen MR) is 84.7 cm³/mol. The number of hydrogen-bond donors (Lipinski definition) is 1. The number of rotatable bonds is 4. The summed E-state index contributed by atoms with van der Waals surface area (Å²) in [6.45, 7) is 3.79. The first-order valence-corrected chi connectivity index (χ1v) is 8.83. The van der Waals surface area contributed by atoms with E-state index in [9.17, 15) is 4.79 Å². The second kappa shape index (κ2) is 6.22. The van der Waals surface area contributed by atoms with E-state index in [0.29, 0.717) is 6.04 Å². The van der Waals surface area contributed by atoms with Crippen LogP contribution in [-0.2, 0) is 4.79 Å². The number of anilines is 1. The summed E-state index contributed by atoms with van der Waals surface area (Å²) in [5.41, 5.74) is 0.998. The number of carbonyl (C=O) groups is 1. The van der Waals surface area contributed by atoms with Gasteiger partial charge in [-0.25, -0.2) is 9.97 Å². The number of hydrogen-bond acceptors (Lipinski definition) is 5. The van der Waals surface area contributed by atoms with Gasteiger partial charge in [0.2, 0.25) is 5.91 Å². The van der Waals surface area contributed by atoms with E-state index in [-0.39, 0.29) is 11.8 Å². The normalized spacial score (nSPS) is 19.6. The van der Waals surface area contributed by atoms with Crippen LogP contribution in [0, 0.1) is 12.8 Å². The molecule has 0 atom stereocenters. The summed E-state index contributed by atoms with van der Waals surface area (Å²) in [4.78, 5) is 23.3. The fraction of sp³-hybridized carbons (Fsp3) is 0.667. The van der Waals surface area contributed by atoms with Crippen molar-refractivity contribution in [1.29, 1.82) is 0 Å². The Hall–Kier alpha value is -1.30. The van der Waals surface area contributed by atoms with Crippen LogP contribution in [0.3, 0.4) is 0 Å². The van der Waals surface area contributed by atoms with E-state index in [0.717, 1.165) is 55.4 Å². The van der Waals surface area contributed by atoms with E-state index in [1.807, 2.05) is 19.2 Å². The van der Waals surface area contributed by atoms with E-state index in [1.165, 1.54) is 0 Å². The van der Waals surface area contributed by atoms with Gasteiger partial charge in [-0.2, -0.15) is 0 Å². The van der Waals surface area contributed by atoms with Crippen molar-refractivity contribution in [1.82, 2.24) is 15.3 Å². The zero-order valence-corrected chi connectivity index (χ0v) is 13.4. The molecule has 3 rings (SSSR count). The highest BCUT2D eigenvalue weighted by atomic mass is 32.2. The number of nitrogens with one attached hydrogen (secondary N) is 1. The lowest BCUT2D eigenvalue weighted by Crippen LogP contribution is -2.41. The van der Waals surface area contributed by atoms with Crippen LogP contribution in [0.25, 0.3) is 0 Å². The number of aromatic nitrogens is 2. The Morgan fingerprint density at radius 3 is 2.62 bits per heavy atom. The van der Waals surface area contributed by atoms with Crippen molar-refractivity contribution in [3.63, 3.8) is 0 Å². The number of aryl methyl sites for hydroxylation is 1. The molecule has 5 nitrogen and oxygen atoms in total. The third-order valence-electron chi connectivity index (χ3n) is 4.12. The van der Waals surface area contributed by atoms with Gasteiger partial charge in [0.15, 0.2) is 5.16 Å². The average molecular weight is 306 g/mol. The summed E-state index contributed by atoms with van der Waals surface area (Å²) in [6.07, 6.45) is 6.13. The molecule has 0 aromatic carbocycles. The summed E-state index contributed by atoms with van der Waals surface area (Å²) < 4.78 is 0. The molecule has 1 N–H and O–H groups in total. The van der Waals surface area contributed by atoms with Gasteiger partial charge >= 0.3 is 0 Å². The van der Waals surface area contributed by atoms with Crippen LogP contribution in [0.1, 0.15) is 31.4 Å². The van der Waals surface area contributed by atoms with Gasteiger partial charge in [0, 0.05) is 36.8 Å². The molecule has 6 heteroatoms. The Labute approximate surface area is 129 Å². The molecule has 114 valence electrons. The highest BCUT2D eigenvalue weighted by Gasteiger charge is 2.30. The maximum Gasteiger partial charge on any atom is 0.223 e. The van der Waals surface area contributed by atoms with Gasteiger partial charge in [0.1, 0.15) is 5.82 Å². The summed E-state index contributed by atoms with van der Waals surface area (Å²) in [5.74, 6) is 1.42. The maximum absolute atomic E-state index is 12.1. The van der Waals surface area contributed by atoms with Gasteiger partial charge in [-0.3, -0.25) is 4.79 Å². The lowest BCUT2D eigenvalue weighted by atomic mass is 9.96. The SMILES string of the molecule is CSc1nc(C)cc(N2CCC(C(=O)NC3CC3)CC2)n1. The lowest BCUT2D eigenvalue weighted by Gasteiger charge is -2.32. The predicted octanol–water partition coefficient (Wildman–Crippen LogP) is 2.00. The molecule has 1 aliphatic carbocycles. The second-order valence-electron chi connectivity index (χ2n) is 5.90. The molecular formula is C15H22N4OS. The average Bonchev–Trinajstić information content (AvgIpc) is 3.30. The second-order valence-corrected chi connectivity index (χ2v) is 6.67. The van der Waals surface area contributed by atoms with Crippen molar-refractivity contribution in [3.8, 4) is 0 Å². The number of carbonyl (C=O) groups excluding carboxylic acids is 1. The fourth-order valence-electron chi connectivity index (χ4n) is 2.70. The quantitative estimate of drug-likeness (QED) is 0.681. The molecule has 1 aromatic heterocycles. The van der Waals surface area contributed by atoms with Crippen LogP contribution in [0.15, 0.2) is 11.2 Å². The molecule has 2 fully saturated rings. The molecule has 1 aromatic rings. The van der Waals surface area contributed by atoms with Crippen molar-refractivity contribution in [2.75, 3.05) is 24.2 Å². The van der Waals surface area contributed by atoms with Gasteiger partial charge in [-0.15, -0.1) is 0 Å². The molecule has 1 amide bonds. The summed E-state index contributed by atoms with van der Waals surface area (Å²) in [6, 6.07) is 2.49. The highest BCUT2D eigenvalue weighted by molar-refractivity contribution is 7.98. The summed E-state index contributed by atoms with van der Waals surface area (Å²) in [5, 5.41) is 3.94. The molecule has 1 aliphatic heterocycles. The lowest BCUT2D eigenvalue weighted by molar-refractivity contribution is -0.125. The van der Waals surface area contributed by atoms with Crippen LogP contribution in [-0.4, -0.2) is 41.3 Å². The number of piperidine rings is 1. The van der Waals surface area contributed by atoms with E-state index < -0.39 is 0 Å². The van der Waals surface area contributed by atoms with Crippen LogP contribution in [0.4, 0.5) is 5.82 Å². The third kappa shape index (κ3) is 3.67. The molecule has 0 radical (unpaired) electrons.